The molecule has 3 aliphatic heterocycles. The molecule has 0 aliphatic carbocycles. The Morgan fingerprint density at radius 3 is 1.19 bits per heavy atom. The summed E-state index contributed by atoms with van der Waals surface area (Å²) in [6, 6.07) is -0.881. The first-order valence-corrected chi connectivity index (χ1v) is 35.5. The van der Waals surface area contributed by atoms with Crippen molar-refractivity contribution in [1.82, 2.24) is 5.32 Å². The van der Waals surface area contributed by atoms with E-state index in [0.29, 0.717) is 19.3 Å². The molecule has 17 unspecified atom stereocenters. The maximum absolute atomic E-state index is 13.2. The Labute approximate surface area is 541 Å². The number of aliphatic hydroxyl groups is 11. The molecular formula is C71H127NO18. The molecule has 3 rings (SSSR count). The van der Waals surface area contributed by atoms with Gasteiger partial charge in [0.05, 0.1) is 38.6 Å². The Morgan fingerprint density at radius 1 is 0.411 bits per heavy atom. The number of amides is 1. The zero-order chi connectivity index (χ0) is 65.4. The summed E-state index contributed by atoms with van der Waals surface area (Å²) in [6.45, 7) is 1.54. The maximum Gasteiger partial charge on any atom is 0.220 e. The molecule has 19 heteroatoms. The topological polar surface area (TPSA) is 307 Å². The van der Waals surface area contributed by atoms with E-state index in [1.165, 1.54) is 141 Å². The van der Waals surface area contributed by atoms with E-state index >= 15 is 0 Å². The molecule has 3 fully saturated rings. The summed E-state index contributed by atoms with van der Waals surface area (Å²) in [5.41, 5.74) is 0. The molecule has 19 nitrogen and oxygen atoms in total. The molecule has 0 aromatic heterocycles. The Hall–Kier alpha value is -2.51. The standard InChI is InChI=1S/C71H127NO18/c1-3-5-7-9-10-11-12-13-14-15-16-17-18-19-20-21-22-23-24-25-26-27-28-29-30-31-32-33-34-35-36-37-38-39-40-41-42-43-44-45-47-49-59(77)72-54(55(76)48-46-8-6-4-2)53-85-69-65(83)62(80)67(57(51-74)87-69)90-71-66(84)63(81)68(58(52-75)88-71)89-70-64(82)61(79)60(78)56(50-73)86-70/h5,7,10-11,13-14,16-17,19-20,54-58,60-71,73-76,78-84H,3-4,6,8-9,12,15,18,21-53H2,1-2H3,(H,72,77)/b7-5-,11-10-,14-13-,17-16-,20-19-. The fourth-order valence-electron chi connectivity index (χ4n) is 11.9. The van der Waals surface area contributed by atoms with Crippen molar-refractivity contribution in [1.29, 1.82) is 0 Å². The summed E-state index contributed by atoms with van der Waals surface area (Å²) in [4.78, 5) is 13.2. The Balaban J connectivity index is 1.19. The van der Waals surface area contributed by atoms with Crippen molar-refractivity contribution in [2.24, 2.45) is 0 Å². The van der Waals surface area contributed by atoms with Gasteiger partial charge in [0.15, 0.2) is 18.9 Å². The minimum Gasteiger partial charge on any atom is -0.394 e. The minimum absolute atomic E-state index is 0.249. The van der Waals surface area contributed by atoms with Gasteiger partial charge in [0.1, 0.15) is 73.2 Å². The van der Waals surface area contributed by atoms with Crippen LogP contribution in [0.5, 0.6) is 0 Å². The fourth-order valence-corrected chi connectivity index (χ4v) is 11.9. The van der Waals surface area contributed by atoms with Gasteiger partial charge < -0.3 is 89.9 Å². The third-order valence-electron chi connectivity index (χ3n) is 17.6. The van der Waals surface area contributed by atoms with Crippen LogP contribution in [0.15, 0.2) is 60.8 Å². The van der Waals surface area contributed by atoms with E-state index in [1.54, 1.807) is 0 Å². The van der Waals surface area contributed by atoms with Crippen LogP contribution in [0.2, 0.25) is 0 Å². The third-order valence-corrected chi connectivity index (χ3v) is 17.6. The predicted molar refractivity (Wildman–Crippen MR) is 351 cm³/mol. The van der Waals surface area contributed by atoms with E-state index in [-0.39, 0.29) is 18.9 Å². The van der Waals surface area contributed by atoms with E-state index in [4.69, 9.17) is 28.4 Å². The molecule has 3 heterocycles. The van der Waals surface area contributed by atoms with Crippen molar-refractivity contribution < 1.29 is 89.4 Å². The molecule has 524 valence electrons. The molecule has 17 atom stereocenters. The van der Waals surface area contributed by atoms with Crippen molar-refractivity contribution in [3.05, 3.63) is 60.8 Å². The first-order valence-electron chi connectivity index (χ1n) is 35.5. The summed E-state index contributed by atoms with van der Waals surface area (Å²) in [5.74, 6) is -0.249. The lowest BCUT2D eigenvalue weighted by atomic mass is 9.96. The van der Waals surface area contributed by atoms with Crippen LogP contribution in [-0.4, -0.2) is 193 Å². The van der Waals surface area contributed by atoms with Crippen molar-refractivity contribution in [3.63, 3.8) is 0 Å². The van der Waals surface area contributed by atoms with Crippen molar-refractivity contribution in [3.8, 4) is 0 Å². The van der Waals surface area contributed by atoms with Crippen LogP contribution in [0.25, 0.3) is 0 Å². The van der Waals surface area contributed by atoms with Crippen LogP contribution >= 0.6 is 0 Å². The Bertz CT molecular complexity index is 1870. The molecule has 0 spiro atoms. The van der Waals surface area contributed by atoms with Crippen molar-refractivity contribution >= 4 is 5.91 Å². The Kier molecular flexibility index (Phi) is 47.9. The van der Waals surface area contributed by atoms with Crippen LogP contribution in [0.3, 0.4) is 0 Å². The molecule has 3 aliphatic rings. The lowest BCUT2D eigenvalue weighted by Gasteiger charge is -2.48. The van der Waals surface area contributed by atoms with Crippen LogP contribution in [0.4, 0.5) is 0 Å². The Morgan fingerprint density at radius 2 is 0.767 bits per heavy atom. The number of allylic oxidation sites excluding steroid dienone is 10. The summed E-state index contributed by atoms with van der Waals surface area (Å²) < 4.78 is 34.1. The van der Waals surface area contributed by atoms with Crippen LogP contribution < -0.4 is 5.32 Å². The van der Waals surface area contributed by atoms with E-state index in [0.717, 1.165) is 70.6 Å². The minimum atomic E-state index is -1.97. The van der Waals surface area contributed by atoms with Gasteiger partial charge in [-0.3, -0.25) is 4.79 Å². The molecule has 90 heavy (non-hydrogen) atoms. The molecular weight excluding hydrogens is 1150 g/mol. The van der Waals surface area contributed by atoms with Gasteiger partial charge in [0, 0.05) is 6.42 Å². The second-order valence-corrected chi connectivity index (χ2v) is 25.3. The first kappa shape index (κ1) is 81.7. The highest BCUT2D eigenvalue weighted by molar-refractivity contribution is 5.76. The number of aliphatic hydroxyl groups excluding tert-OH is 11. The first-order chi connectivity index (χ1) is 43.8. The average molecular weight is 1280 g/mol. The number of unbranched alkanes of at least 4 members (excludes halogenated alkanes) is 28. The van der Waals surface area contributed by atoms with Gasteiger partial charge >= 0.3 is 0 Å². The number of carbonyl (C=O) groups excluding carboxylic acids is 1. The van der Waals surface area contributed by atoms with Gasteiger partial charge in [-0.1, -0.05) is 248 Å². The fraction of sp³-hybridized carbons (Fsp3) is 0.845. The number of carbonyl (C=O) groups is 1. The van der Waals surface area contributed by atoms with E-state index in [1.807, 2.05) is 0 Å². The zero-order valence-electron chi connectivity index (χ0n) is 55.4. The van der Waals surface area contributed by atoms with Gasteiger partial charge in [0.2, 0.25) is 5.91 Å². The summed E-state index contributed by atoms with van der Waals surface area (Å²) in [7, 11) is 0. The lowest BCUT2D eigenvalue weighted by molar-refractivity contribution is -0.379. The highest BCUT2D eigenvalue weighted by atomic mass is 16.8. The van der Waals surface area contributed by atoms with Crippen LogP contribution in [-0.2, 0) is 33.2 Å². The largest absolute Gasteiger partial charge is 0.394 e. The van der Waals surface area contributed by atoms with E-state index < -0.39 is 124 Å². The quantitative estimate of drug-likeness (QED) is 0.0199. The highest BCUT2D eigenvalue weighted by Gasteiger charge is 2.53. The highest BCUT2D eigenvalue weighted by Crippen LogP contribution is 2.33. The molecule has 0 bridgehead atoms. The SMILES string of the molecule is CC/C=C\C/C=C\C/C=C\C/C=C\C/C=C\CCCCCCCCCCCCCCCCCCCCCCCCCCCC(=O)NC(COC1OC(CO)C(OC2OC(CO)C(OC3OC(CO)C(O)C(O)C3O)C(O)C2O)C(O)C1O)C(O)CCCCCC. The number of nitrogens with one attached hydrogen (secondary N) is 1. The summed E-state index contributed by atoms with van der Waals surface area (Å²) >= 11 is 0. The van der Waals surface area contributed by atoms with Crippen LogP contribution in [0, 0.1) is 0 Å². The molecule has 0 saturated carbocycles. The number of rotatable bonds is 54. The van der Waals surface area contributed by atoms with Gasteiger partial charge in [-0.05, 0) is 57.8 Å². The maximum atomic E-state index is 13.2. The van der Waals surface area contributed by atoms with E-state index in [9.17, 15) is 61.0 Å². The van der Waals surface area contributed by atoms with Gasteiger partial charge in [-0.25, -0.2) is 0 Å². The van der Waals surface area contributed by atoms with Gasteiger partial charge in [0.25, 0.3) is 0 Å². The van der Waals surface area contributed by atoms with Gasteiger partial charge in [-0.15, -0.1) is 0 Å². The number of hydrogen-bond acceptors (Lipinski definition) is 18. The third kappa shape index (κ3) is 34.2. The van der Waals surface area contributed by atoms with Crippen LogP contribution in [0.1, 0.15) is 251 Å². The second kappa shape index (κ2) is 52.7. The molecule has 3 saturated heterocycles. The molecule has 12 N–H and O–H groups in total. The molecule has 0 radical (unpaired) electrons. The summed E-state index contributed by atoms with van der Waals surface area (Å²) in [6.07, 6.45) is 38.9. The average Bonchev–Trinajstić information content (AvgIpc) is 1.63. The lowest BCUT2D eigenvalue weighted by Crippen LogP contribution is -2.66. The smallest absolute Gasteiger partial charge is 0.220 e. The van der Waals surface area contributed by atoms with E-state index in [2.05, 4.69) is 79.9 Å². The normalized spacial score (nSPS) is 28.4. The molecule has 1 amide bonds. The monoisotopic (exact) mass is 1280 g/mol. The molecule has 0 aromatic rings. The zero-order valence-corrected chi connectivity index (χ0v) is 55.4. The van der Waals surface area contributed by atoms with Gasteiger partial charge in [-0.2, -0.15) is 0 Å². The summed E-state index contributed by atoms with van der Waals surface area (Å²) in [5, 5.41) is 120. The predicted octanol–water partition coefficient (Wildman–Crippen LogP) is 9.55. The second-order valence-electron chi connectivity index (χ2n) is 25.3. The van der Waals surface area contributed by atoms with Crippen molar-refractivity contribution in [2.45, 2.75) is 356 Å². The number of ether oxygens (including phenoxy) is 6. The number of hydrogen-bond donors (Lipinski definition) is 12. The molecule has 0 aromatic carbocycles. The van der Waals surface area contributed by atoms with Crippen molar-refractivity contribution in [2.75, 3.05) is 26.4 Å².